The highest BCUT2D eigenvalue weighted by Gasteiger charge is 2.22. The number of carbonyl (C=O) groups is 2. The molecule has 0 fully saturated rings. The molecule has 0 amide bonds. The van der Waals surface area contributed by atoms with Crippen LogP contribution in [0, 0.1) is 0 Å². The Hall–Kier alpha value is -1.25. The molecule has 9 nitrogen and oxygen atoms in total. The summed E-state index contributed by atoms with van der Waals surface area (Å²) in [4.78, 5) is 37.8. The molecule has 0 bridgehead atoms. The van der Waals surface area contributed by atoms with Crippen molar-refractivity contribution >= 4 is 19.8 Å². The molecule has 77 heavy (non-hydrogen) atoms. The van der Waals surface area contributed by atoms with Crippen molar-refractivity contribution in [2.75, 3.05) is 47.5 Å². The summed E-state index contributed by atoms with van der Waals surface area (Å²) in [6, 6.07) is 0. The number of phosphoric ester groups is 1. The molecule has 0 radical (unpaired) electrons. The highest BCUT2D eigenvalue weighted by molar-refractivity contribution is 7.45. The van der Waals surface area contributed by atoms with E-state index in [-0.39, 0.29) is 32.0 Å². The Labute approximate surface area is 479 Å². The number of rotatable bonds is 64. The van der Waals surface area contributed by atoms with Crippen molar-refractivity contribution in [3.8, 4) is 0 Å². The lowest BCUT2D eigenvalue weighted by molar-refractivity contribution is -0.870. The third-order valence-electron chi connectivity index (χ3n) is 15.5. The van der Waals surface area contributed by atoms with Gasteiger partial charge in [0.2, 0.25) is 0 Å². The van der Waals surface area contributed by atoms with E-state index in [9.17, 15) is 19.0 Å². The molecular weight excluding hydrogens is 978 g/mol. The summed E-state index contributed by atoms with van der Waals surface area (Å²) >= 11 is 0. The molecule has 0 saturated carbocycles. The number of likely N-dealkylation sites (N-methyl/N-ethyl adjacent to an activating group) is 1. The number of esters is 2. The first-order chi connectivity index (χ1) is 37.5. The van der Waals surface area contributed by atoms with Crippen molar-refractivity contribution in [2.45, 2.75) is 360 Å². The van der Waals surface area contributed by atoms with Crippen LogP contribution in [0.4, 0.5) is 0 Å². The van der Waals surface area contributed by atoms with E-state index in [0.29, 0.717) is 17.4 Å². The number of unbranched alkanes of at least 4 members (excludes halogenated alkanes) is 48. The molecule has 458 valence electrons. The first kappa shape index (κ1) is 75.8. The number of hydrogen-bond donors (Lipinski definition) is 0. The largest absolute Gasteiger partial charge is 0.756 e. The molecule has 0 aliphatic carbocycles. The molecule has 0 rings (SSSR count). The molecule has 2 atom stereocenters. The summed E-state index contributed by atoms with van der Waals surface area (Å²) in [5.41, 5.74) is 0. The second-order valence-corrected chi connectivity index (χ2v) is 26.0. The third-order valence-corrected chi connectivity index (χ3v) is 16.5. The molecular formula is C67H132NO8P. The fraction of sp³-hybridized carbons (Fsp3) is 0.940. The zero-order valence-electron chi connectivity index (χ0n) is 52.2. The van der Waals surface area contributed by atoms with Gasteiger partial charge < -0.3 is 27.9 Å². The lowest BCUT2D eigenvalue weighted by Crippen LogP contribution is -2.37. The molecule has 0 aromatic carbocycles. The van der Waals surface area contributed by atoms with Crippen molar-refractivity contribution in [2.24, 2.45) is 0 Å². The molecule has 0 saturated heterocycles. The first-order valence-electron chi connectivity index (χ1n) is 33.9. The van der Waals surface area contributed by atoms with Gasteiger partial charge in [-0.1, -0.05) is 315 Å². The van der Waals surface area contributed by atoms with Crippen molar-refractivity contribution in [3.05, 3.63) is 12.2 Å². The molecule has 0 aromatic heterocycles. The minimum atomic E-state index is -4.63. The van der Waals surface area contributed by atoms with Crippen LogP contribution in [-0.4, -0.2) is 70.0 Å². The van der Waals surface area contributed by atoms with Crippen LogP contribution >= 0.6 is 7.82 Å². The van der Waals surface area contributed by atoms with Gasteiger partial charge in [0.1, 0.15) is 19.8 Å². The average Bonchev–Trinajstić information content (AvgIpc) is 3.39. The molecule has 10 heteroatoms. The summed E-state index contributed by atoms with van der Waals surface area (Å²) < 4.78 is 34.1. The molecule has 0 spiro atoms. The smallest absolute Gasteiger partial charge is 0.306 e. The number of quaternary nitrogens is 1. The molecule has 0 N–H and O–H groups in total. The third kappa shape index (κ3) is 63.8. The van der Waals surface area contributed by atoms with Crippen molar-refractivity contribution in [3.63, 3.8) is 0 Å². The van der Waals surface area contributed by atoms with Crippen LogP contribution in [0.25, 0.3) is 0 Å². The molecule has 0 aromatic rings. The Bertz CT molecular complexity index is 1300. The summed E-state index contributed by atoms with van der Waals surface area (Å²) in [6.45, 7) is 4.25. The second kappa shape index (κ2) is 59.4. The minimum Gasteiger partial charge on any atom is -0.756 e. The highest BCUT2D eigenvalue weighted by Crippen LogP contribution is 2.38. The minimum absolute atomic E-state index is 0.0290. The van der Waals surface area contributed by atoms with Crippen molar-refractivity contribution in [1.29, 1.82) is 0 Å². The van der Waals surface area contributed by atoms with Crippen LogP contribution in [0.1, 0.15) is 354 Å². The average molecular weight is 1110 g/mol. The number of nitrogens with zero attached hydrogens (tertiary/aromatic N) is 1. The van der Waals surface area contributed by atoms with Crippen molar-refractivity contribution < 1.29 is 42.1 Å². The molecule has 0 aliphatic rings. The lowest BCUT2D eigenvalue weighted by Gasteiger charge is -2.28. The van der Waals surface area contributed by atoms with Gasteiger partial charge in [-0.15, -0.1) is 0 Å². The van der Waals surface area contributed by atoms with E-state index in [0.717, 1.165) is 57.8 Å². The first-order valence-corrected chi connectivity index (χ1v) is 35.4. The Morgan fingerprint density at radius 1 is 0.390 bits per heavy atom. The molecule has 0 heterocycles. The standard InChI is InChI=1S/C67H132NO8P/c1-6-8-10-12-14-16-18-20-21-22-23-24-25-26-27-28-29-30-31-32-33-34-35-36-37-38-39-40-41-42-43-44-45-46-47-48-50-51-53-55-57-59-66(69)73-63-65(64-75-77(71,72)74-62-61-68(3,4)5)76-67(70)60-58-56-54-52-49-19-17-15-13-11-9-7-2/h15,17,65H,6-14,16,18-64H2,1-5H3/b17-15-. The number of ether oxygens (including phenoxy) is 2. The van der Waals surface area contributed by atoms with Crippen LogP contribution in [0.15, 0.2) is 12.2 Å². The Balaban J connectivity index is 3.75. The second-order valence-electron chi connectivity index (χ2n) is 24.6. The van der Waals surface area contributed by atoms with E-state index in [4.69, 9.17) is 18.5 Å². The zero-order valence-corrected chi connectivity index (χ0v) is 53.1. The fourth-order valence-electron chi connectivity index (χ4n) is 10.3. The number of carbonyl (C=O) groups excluding carboxylic acids is 2. The van der Waals surface area contributed by atoms with Gasteiger partial charge in [-0.05, 0) is 38.5 Å². The highest BCUT2D eigenvalue weighted by atomic mass is 31.2. The Morgan fingerprint density at radius 3 is 0.987 bits per heavy atom. The van der Waals surface area contributed by atoms with Gasteiger partial charge in [0.25, 0.3) is 7.82 Å². The predicted molar refractivity (Wildman–Crippen MR) is 328 cm³/mol. The van der Waals surface area contributed by atoms with Crippen LogP contribution < -0.4 is 4.89 Å². The maximum Gasteiger partial charge on any atom is 0.306 e. The van der Waals surface area contributed by atoms with Crippen LogP contribution in [0.5, 0.6) is 0 Å². The van der Waals surface area contributed by atoms with E-state index < -0.39 is 26.5 Å². The van der Waals surface area contributed by atoms with Crippen LogP contribution in [0.2, 0.25) is 0 Å². The summed E-state index contributed by atoms with van der Waals surface area (Å²) in [7, 11) is 1.18. The molecule has 0 aliphatic heterocycles. The van der Waals surface area contributed by atoms with Gasteiger partial charge >= 0.3 is 11.9 Å². The van der Waals surface area contributed by atoms with E-state index >= 15 is 0 Å². The monoisotopic (exact) mass is 1110 g/mol. The Kier molecular flexibility index (Phi) is 58.4. The summed E-state index contributed by atoms with van der Waals surface area (Å²) in [5.74, 6) is -0.827. The maximum atomic E-state index is 12.7. The number of allylic oxidation sites excluding steroid dienone is 2. The van der Waals surface area contributed by atoms with Gasteiger partial charge in [-0.3, -0.25) is 14.2 Å². The Morgan fingerprint density at radius 2 is 0.662 bits per heavy atom. The predicted octanol–water partition coefficient (Wildman–Crippen LogP) is 20.9. The van der Waals surface area contributed by atoms with Gasteiger partial charge in [0.15, 0.2) is 6.10 Å². The topological polar surface area (TPSA) is 111 Å². The lowest BCUT2D eigenvalue weighted by atomic mass is 10.0. The van der Waals surface area contributed by atoms with Crippen molar-refractivity contribution in [1.82, 2.24) is 0 Å². The molecule has 2 unspecified atom stereocenters. The fourth-order valence-corrected chi connectivity index (χ4v) is 11.0. The van der Waals surface area contributed by atoms with Crippen LogP contribution in [-0.2, 0) is 32.7 Å². The zero-order chi connectivity index (χ0) is 56.3. The van der Waals surface area contributed by atoms with Crippen LogP contribution in [0.3, 0.4) is 0 Å². The summed E-state index contributed by atoms with van der Waals surface area (Å²) in [5, 5.41) is 0. The van der Waals surface area contributed by atoms with Gasteiger partial charge in [-0.25, -0.2) is 0 Å². The SMILES string of the molecule is CCCCC/C=C\CCCCCCCC(=O)OC(COC(=O)CCCCCCCCCCCCCCCCCCCCCCCCCCCCCCCCCCCCCCCCCCC)COP(=O)([O-])OCC[N+](C)(C)C. The van der Waals surface area contributed by atoms with E-state index in [1.807, 2.05) is 21.1 Å². The number of phosphoric acid groups is 1. The van der Waals surface area contributed by atoms with Gasteiger partial charge in [0.05, 0.1) is 27.7 Å². The maximum absolute atomic E-state index is 12.7. The van der Waals surface area contributed by atoms with Gasteiger partial charge in [-0.2, -0.15) is 0 Å². The van der Waals surface area contributed by atoms with E-state index in [2.05, 4.69) is 26.0 Å². The van der Waals surface area contributed by atoms with Gasteiger partial charge in [0, 0.05) is 12.8 Å². The number of hydrogen-bond acceptors (Lipinski definition) is 8. The van der Waals surface area contributed by atoms with E-state index in [1.54, 1.807) is 0 Å². The van der Waals surface area contributed by atoms with E-state index in [1.165, 1.54) is 263 Å². The summed E-state index contributed by atoms with van der Waals surface area (Å²) in [6.07, 6.45) is 72.0. The normalized spacial score (nSPS) is 13.2. The quantitative estimate of drug-likeness (QED) is 0.0195.